The van der Waals surface area contributed by atoms with Gasteiger partial charge in [0, 0.05) is 29.7 Å². The number of rotatable bonds is 5. The Labute approximate surface area is 125 Å². The van der Waals surface area contributed by atoms with E-state index in [1.54, 1.807) is 0 Å². The lowest BCUT2D eigenvalue weighted by Crippen LogP contribution is -2.30. The van der Waals surface area contributed by atoms with E-state index in [0.29, 0.717) is 6.04 Å². The van der Waals surface area contributed by atoms with Gasteiger partial charge in [-0.05, 0) is 38.2 Å². The third-order valence-electron chi connectivity index (χ3n) is 3.86. The molecule has 3 aromatic rings. The van der Waals surface area contributed by atoms with Crippen molar-refractivity contribution in [3.05, 3.63) is 66.2 Å². The minimum absolute atomic E-state index is 0.410. The van der Waals surface area contributed by atoms with Crippen molar-refractivity contribution in [2.24, 2.45) is 0 Å². The largest absolute Gasteiger partial charge is 0.460 e. The zero-order valence-corrected chi connectivity index (χ0v) is 12.5. The van der Waals surface area contributed by atoms with Gasteiger partial charge in [-0.15, -0.1) is 0 Å². The van der Waals surface area contributed by atoms with Gasteiger partial charge in [-0.1, -0.05) is 24.3 Å². The quantitative estimate of drug-likeness (QED) is 0.710. The lowest BCUT2D eigenvalue weighted by Gasteiger charge is -2.23. The number of benzene rings is 1. The molecular weight excluding hydrogens is 260 g/mol. The minimum atomic E-state index is 0.410. The van der Waals surface area contributed by atoms with E-state index in [2.05, 4.69) is 42.1 Å². The molecule has 0 aliphatic carbocycles. The van der Waals surface area contributed by atoms with Gasteiger partial charge >= 0.3 is 0 Å². The standard InChI is InChI=1S/C18H20N2O/c1-14(11-16-8-5-6-10-19-16)20(2)13-17-12-15-7-3-4-9-18(15)21-17/h3-10,12,14H,11,13H2,1-2H3. The number of furan rings is 1. The van der Waals surface area contributed by atoms with Gasteiger partial charge in [-0.2, -0.15) is 0 Å². The number of nitrogens with zero attached hydrogens (tertiary/aromatic N) is 2. The summed E-state index contributed by atoms with van der Waals surface area (Å²) in [7, 11) is 2.13. The maximum Gasteiger partial charge on any atom is 0.134 e. The Bertz CT molecular complexity index is 672. The smallest absolute Gasteiger partial charge is 0.134 e. The van der Waals surface area contributed by atoms with Crippen LogP contribution in [-0.2, 0) is 13.0 Å². The summed E-state index contributed by atoms with van der Waals surface area (Å²) in [5.41, 5.74) is 2.08. The van der Waals surface area contributed by atoms with E-state index in [1.165, 1.54) is 5.39 Å². The molecule has 0 saturated carbocycles. The molecule has 0 saturated heterocycles. The van der Waals surface area contributed by atoms with Gasteiger partial charge in [-0.3, -0.25) is 9.88 Å². The van der Waals surface area contributed by atoms with Crippen molar-refractivity contribution in [1.82, 2.24) is 9.88 Å². The summed E-state index contributed by atoms with van der Waals surface area (Å²) < 4.78 is 5.88. The monoisotopic (exact) mass is 280 g/mol. The average Bonchev–Trinajstić information content (AvgIpc) is 2.90. The molecule has 2 heterocycles. The van der Waals surface area contributed by atoms with E-state index >= 15 is 0 Å². The van der Waals surface area contributed by atoms with Crippen LogP contribution >= 0.6 is 0 Å². The van der Waals surface area contributed by atoms with E-state index in [9.17, 15) is 0 Å². The molecule has 0 spiro atoms. The van der Waals surface area contributed by atoms with Gasteiger partial charge in [0.05, 0.1) is 6.54 Å². The Morgan fingerprint density at radius 1 is 1.14 bits per heavy atom. The second kappa shape index (κ2) is 6.10. The van der Waals surface area contributed by atoms with Crippen LogP contribution in [0.1, 0.15) is 18.4 Å². The first kappa shape index (κ1) is 13.8. The summed E-state index contributed by atoms with van der Waals surface area (Å²) in [4.78, 5) is 6.69. The van der Waals surface area contributed by atoms with Crippen LogP contribution in [0.3, 0.4) is 0 Å². The number of hydrogen-bond donors (Lipinski definition) is 0. The van der Waals surface area contributed by atoms with Crippen LogP contribution in [-0.4, -0.2) is 23.0 Å². The molecule has 0 aliphatic heterocycles. The second-order valence-corrected chi connectivity index (χ2v) is 5.54. The Hall–Kier alpha value is -2.13. The summed E-state index contributed by atoms with van der Waals surface area (Å²) >= 11 is 0. The number of pyridine rings is 1. The van der Waals surface area contributed by atoms with Gasteiger partial charge in [-0.25, -0.2) is 0 Å². The van der Waals surface area contributed by atoms with E-state index in [0.717, 1.165) is 30.0 Å². The Balaban J connectivity index is 1.66. The SMILES string of the molecule is CC(Cc1ccccn1)N(C)Cc1cc2ccccc2o1. The summed E-state index contributed by atoms with van der Waals surface area (Å²) in [5.74, 6) is 1.01. The number of aromatic nitrogens is 1. The van der Waals surface area contributed by atoms with Crippen molar-refractivity contribution < 1.29 is 4.42 Å². The summed E-state index contributed by atoms with van der Waals surface area (Å²) in [6.07, 6.45) is 2.79. The zero-order valence-electron chi connectivity index (χ0n) is 12.5. The molecule has 0 bridgehead atoms. The van der Waals surface area contributed by atoms with Gasteiger partial charge in [0.2, 0.25) is 0 Å². The van der Waals surface area contributed by atoms with Crippen LogP contribution in [0, 0.1) is 0 Å². The van der Waals surface area contributed by atoms with Crippen LogP contribution in [0.5, 0.6) is 0 Å². The molecule has 3 rings (SSSR count). The highest BCUT2D eigenvalue weighted by molar-refractivity contribution is 5.77. The molecule has 3 heteroatoms. The maximum atomic E-state index is 5.88. The van der Waals surface area contributed by atoms with E-state index in [-0.39, 0.29) is 0 Å². The van der Waals surface area contributed by atoms with Crippen LogP contribution in [0.2, 0.25) is 0 Å². The molecule has 0 fully saturated rings. The molecule has 108 valence electrons. The van der Waals surface area contributed by atoms with Gasteiger partial charge in [0.25, 0.3) is 0 Å². The van der Waals surface area contributed by atoms with E-state index in [1.807, 2.05) is 36.5 Å². The summed E-state index contributed by atoms with van der Waals surface area (Å²) in [6, 6.07) is 16.7. The number of hydrogen-bond acceptors (Lipinski definition) is 3. The third-order valence-corrected chi connectivity index (χ3v) is 3.86. The minimum Gasteiger partial charge on any atom is -0.460 e. The molecule has 1 unspecified atom stereocenters. The van der Waals surface area contributed by atoms with Crippen molar-refractivity contribution >= 4 is 11.0 Å². The molecule has 0 N–H and O–H groups in total. The zero-order chi connectivity index (χ0) is 14.7. The van der Waals surface area contributed by atoms with Crippen LogP contribution < -0.4 is 0 Å². The lowest BCUT2D eigenvalue weighted by molar-refractivity contribution is 0.230. The molecule has 0 amide bonds. The fourth-order valence-corrected chi connectivity index (χ4v) is 2.49. The average molecular weight is 280 g/mol. The molecule has 1 aromatic carbocycles. The first-order chi connectivity index (χ1) is 10.2. The Morgan fingerprint density at radius 2 is 1.95 bits per heavy atom. The fraction of sp³-hybridized carbons (Fsp3) is 0.278. The first-order valence-electron chi connectivity index (χ1n) is 7.30. The predicted molar refractivity (Wildman–Crippen MR) is 85.1 cm³/mol. The predicted octanol–water partition coefficient (Wildman–Crippen LogP) is 3.89. The molecule has 2 aromatic heterocycles. The molecule has 21 heavy (non-hydrogen) atoms. The topological polar surface area (TPSA) is 29.3 Å². The molecule has 0 aliphatic rings. The Kier molecular flexibility index (Phi) is 4.02. The maximum absolute atomic E-state index is 5.88. The molecule has 3 nitrogen and oxygen atoms in total. The Morgan fingerprint density at radius 3 is 2.71 bits per heavy atom. The molecule has 0 radical (unpaired) electrons. The fourth-order valence-electron chi connectivity index (χ4n) is 2.49. The highest BCUT2D eigenvalue weighted by Gasteiger charge is 2.13. The van der Waals surface area contributed by atoms with Crippen molar-refractivity contribution in [1.29, 1.82) is 0 Å². The van der Waals surface area contributed by atoms with Crippen molar-refractivity contribution in [2.75, 3.05) is 7.05 Å². The molecular formula is C18H20N2O. The normalized spacial score (nSPS) is 12.9. The first-order valence-corrected chi connectivity index (χ1v) is 7.30. The van der Waals surface area contributed by atoms with Crippen LogP contribution in [0.4, 0.5) is 0 Å². The van der Waals surface area contributed by atoms with E-state index in [4.69, 9.17) is 4.42 Å². The third kappa shape index (κ3) is 3.31. The van der Waals surface area contributed by atoms with Crippen molar-refractivity contribution in [3.63, 3.8) is 0 Å². The van der Waals surface area contributed by atoms with Gasteiger partial charge in [0.15, 0.2) is 0 Å². The van der Waals surface area contributed by atoms with Gasteiger partial charge < -0.3 is 4.42 Å². The lowest BCUT2D eigenvalue weighted by atomic mass is 10.1. The van der Waals surface area contributed by atoms with Crippen LogP contribution in [0.25, 0.3) is 11.0 Å². The van der Waals surface area contributed by atoms with Crippen LogP contribution in [0.15, 0.2) is 59.1 Å². The molecule has 1 atom stereocenters. The second-order valence-electron chi connectivity index (χ2n) is 5.54. The number of para-hydroxylation sites is 1. The van der Waals surface area contributed by atoms with Crippen molar-refractivity contribution in [2.45, 2.75) is 25.9 Å². The highest BCUT2D eigenvalue weighted by Crippen LogP contribution is 2.20. The van der Waals surface area contributed by atoms with Crippen molar-refractivity contribution in [3.8, 4) is 0 Å². The van der Waals surface area contributed by atoms with E-state index < -0.39 is 0 Å². The highest BCUT2D eigenvalue weighted by atomic mass is 16.3. The summed E-state index contributed by atoms with van der Waals surface area (Å²) in [6.45, 7) is 3.03. The summed E-state index contributed by atoms with van der Waals surface area (Å²) in [5, 5.41) is 1.17. The number of fused-ring (bicyclic) bond motifs is 1. The van der Waals surface area contributed by atoms with Gasteiger partial charge in [0.1, 0.15) is 11.3 Å². The number of likely N-dealkylation sites (N-methyl/N-ethyl adjacent to an activating group) is 1.